The first-order valence-electron chi connectivity index (χ1n) is 6.77. The molecule has 100 valence electrons. The maximum atomic E-state index is 13.3. The lowest BCUT2D eigenvalue weighted by Gasteiger charge is -2.20. The van der Waals surface area contributed by atoms with E-state index in [2.05, 4.69) is 29.0 Å². The SMILES string of the molecule is CC(C)CNCc1cc(F)cnc1N1CCCC1. The molecular weight excluding hydrogens is 229 g/mol. The van der Waals surface area contributed by atoms with Gasteiger partial charge in [0.1, 0.15) is 11.6 Å². The molecule has 0 aromatic carbocycles. The number of pyridine rings is 1. The zero-order valence-corrected chi connectivity index (χ0v) is 11.2. The van der Waals surface area contributed by atoms with E-state index in [1.165, 1.54) is 19.0 Å². The summed E-state index contributed by atoms with van der Waals surface area (Å²) in [6.07, 6.45) is 3.73. The maximum Gasteiger partial charge on any atom is 0.141 e. The highest BCUT2D eigenvalue weighted by atomic mass is 19.1. The summed E-state index contributed by atoms with van der Waals surface area (Å²) < 4.78 is 13.3. The molecule has 2 heterocycles. The molecule has 3 nitrogen and oxygen atoms in total. The van der Waals surface area contributed by atoms with Gasteiger partial charge in [-0.05, 0) is 31.4 Å². The zero-order chi connectivity index (χ0) is 13.0. The summed E-state index contributed by atoms with van der Waals surface area (Å²) >= 11 is 0. The predicted octanol–water partition coefficient (Wildman–Crippen LogP) is 2.57. The third-order valence-electron chi connectivity index (χ3n) is 3.18. The minimum atomic E-state index is -0.251. The van der Waals surface area contributed by atoms with Crippen LogP contribution in [0.5, 0.6) is 0 Å². The molecule has 0 bridgehead atoms. The van der Waals surface area contributed by atoms with Crippen LogP contribution in [0.25, 0.3) is 0 Å². The van der Waals surface area contributed by atoms with E-state index in [1.807, 2.05) is 0 Å². The van der Waals surface area contributed by atoms with Gasteiger partial charge >= 0.3 is 0 Å². The minimum Gasteiger partial charge on any atom is -0.356 e. The number of nitrogens with zero attached hydrogens (tertiary/aromatic N) is 2. The first kappa shape index (κ1) is 13.3. The second-order valence-electron chi connectivity index (χ2n) is 5.36. The van der Waals surface area contributed by atoms with Crippen LogP contribution in [0.3, 0.4) is 0 Å². The molecule has 0 saturated carbocycles. The zero-order valence-electron chi connectivity index (χ0n) is 11.2. The van der Waals surface area contributed by atoms with Crippen molar-refractivity contribution in [3.8, 4) is 0 Å². The lowest BCUT2D eigenvalue weighted by atomic mass is 10.2. The third kappa shape index (κ3) is 3.42. The molecule has 0 amide bonds. The van der Waals surface area contributed by atoms with Crippen LogP contribution in [0.1, 0.15) is 32.3 Å². The predicted molar refractivity (Wildman–Crippen MR) is 72.2 cm³/mol. The third-order valence-corrected chi connectivity index (χ3v) is 3.18. The molecule has 0 spiro atoms. The largest absolute Gasteiger partial charge is 0.356 e. The number of aromatic nitrogens is 1. The van der Waals surface area contributed by atoms with Crippen LogP contribution in [-0.2, 0) is 6.54 Å². The molecule has 1 N–H and O–H groups in total. The van der Waals surface area contributed by atoms with Crippen LogP contribution in [0, 0.1) is 11.7 Å². The lowest BCUT2D eigenvalue weighted by Crippen LogP contribution is -2.24. The Kier molecular flexibility index (Phi) is 4.53. The van der Waals surface area contributed by atoms with Gasteiger partial charge in [0, 0.05) is 25.2 Å². The fourth-order valence-electron chi connectivity index (χ4n) is 2.31. The summed E-state index contributed by atoms with van der Waals surface area (Å²) in [6, 6.07) is 1.61. The van der Waals surface area contributed by atoms with Gasteiger partial charge in [-0.25, -0.2) is 9.37 Å². The second kappa shape index (κ2) is 6.14. The fourth-order valence-corrected chi connectivity index (χ4v) is 2.31. The van der Waals surface area contributed by atoms with Gasteiger partial charge in [0.2, 0.25) is 0 Å². The van der Waals surface area contributed by atoms with Gasteiger partial charge in [-0.3, -0.25) is 0 Å². The van der Waals surface area contributed by atoms with E-state index in [1.54, 1.807) is 6.07 Å². The Morgan fingerprint density at radius 3 is 2.78 bits per heavy atom. The van der Waals surface area contributed by atoms with E-state index in [9.17, 15) is 4.39 Å². The van der Waals surface area contributed by atoms with E-state index >= 15 is 0 Å². The van der Waals surface area contributed by atoms with Crippen LogP contribution in [-0.4, -0.2) is 24.6 Å². The summed E-state index contributed by atoms with van der Waals surface area (Å²) in [5, 5.41) is 3.36. The van der Waals surface area contributed by atoms with E-state index in [4.69, 9.17) is 0 Å². The van der Waals surface area contributed by atoms with Gasteiger partial charge in [0.25, 0.3) is 0 Å². The van der Waals surface area contributed by atoms with E-state index in [-0.39, 0.29) is 5.82 Å². The number of nitrogens with one attached hydrogen (secondary N) is 1. The number of halogens is 1. The number of hydrogen-bond acceptors (Lipinski definition) is 3. The van der Waals surface area contributed by atoms with Crippen molar-refractivity contribution in [2.75, 3.05) is 24.5 Å². The Bertz CT molecular complexity index is 387. The van der Waals surface area contributed by atoms with Crippen molar-refractivity contribution in [1.29, 1.82) is 0 Å². The van der Waals surface area contributed by atoms with Gasteiger partial charge in [0.05, 0.1) is 6.20 Å². The Labute approximate surface area is 108 Å². The van der Waals surface area contributed by atoms with Crippen molar-refractivity contribution in [1.82, 2.24) is 10.3 Å². The monoisotopic (exact) mass is 251 g/mol. The van der Waals surface area contributed by atoms with Crippen molar-refractivity contribution in [3.63, 3.8) is 0 Å². The Balaban J connectivity index is 2.07. The molecule has 0 radical (unpaired) electrons. The number of anilines is 1. The molecule has 1 aliphatic rings. The molecule has 2 rings (SSSR count). The van der Waals surface area contributed by atoms with E-state index < -0.39 is 0 Å². The fraction of sp³-hybridized carbons (Fsp3) is 0.643. The highest BCUT2D eigenvalue weighted by Gasteiger charge is 2.17. The molecule has 1 fully saturated rings. The molecular formula is C14H22FN3. The normalized spacial score (nSPS) is 15.7. The smallest absolute Gasteiger partial charge is 0.141 e. The number of rotatable bonds is 5. The molecule has 0 unspecified atom stereocenters. The molecule has 1 saturated heterocycles. The van der Waals surface area contributed by atoms with Gasteiger partial charge in [0.15, 0.2) is 0 Å². The molecule has 1 aromatic heterocycles. The first-order valence-corrected chi connectivity index (χ1v) is 6.77. The van der Waals surface area contributed by atoms with Crippen molar-refractivity contribution in [3.05, 3.63) is 23.6 Å². The van der Waals surface area contributed by atoms with Crippen molar-refractivity contribution in [2.24, 2.45) is 5.92 Å². The van der Waals surface area contributed by atoms with Crippen LogP contribution in [0.15, 0.2) is 12.3 Å². The van der Waals surface area contributed by atoms with Gasteiger partial charge in [-0.1, -0.05) is 13.8 Å². The average molecular weight is 251 g/mol. The van der Waals surface area contributed by atoms with E-state index in [0.29, 0.717) is 12.5 Å². The van der Waals surface area contributed by atoms with Gasteiger partial charge in [-0.15, -0.1) is 0 Å². The molecule has 4 heteroatoms. The summed E-state index contributed by atoms with van der Waals surface area (Å²) in [5.41, 5.74) is 0.970. The van der Waals surface area contributed by atoms with Crippen LogP contribution >= 0.6 is 0 Å². The molecule has 0 aliphatic carbocycles. The molecule has 18 heavy (non-hydrogen) atoms. The first-order chi connectivity index (χ1) is 8.66. The molecule has 0 atom stereocenters. The van der Waals surface area contributed by atoms with Gasteiger partial charge in [-0.2, -0.15) is 0 Å². The lowest BCUT2D eigenvalue weighted by molar-refractivity contribution is 0.548. The van der Waals surface area contributed by atoms with Crippen LogP contribution < -0.4 is 10.2 Å². The van der Waals surface area contributed by atoms with Crippen LogP contribution in [0.4, 0.5) is 10.2 Å². The van der Waals surface area contributed by atoms with Crippen molar-refractivity contribution < 1.29 is 4.39 Å². The standard InChI is InChI=1S/C14H22FN3/c1-11(2)8-16-9-12-7-13(15)10-17-14(12)18-5-3-4-6-18/h7,10-11,16H,3-6,8-9H2,1-2H3. The van der Waals surface area contributed by atoms with Crippen LogP contribution in [0.2, 0.25) is 0 Å². The second-order valence-corrected chi connectivity index (χ2v) is 5.36. The average Bonchev–Trinajstić information content (AvgIpc) is 2.82. The topological polar surface area (TPSA) is 28.2 Å². The van der Waals surface area contributed by atoms with E-state index in [0.717, 1.165) is 31.0 Å². The maximum absolute atomic E-state index is 13.3. The molecule has 1 aromatic rings. The minimum absolute atomic E-state index is 0.251. The van der Waals surface area contributed by atoms with Gasteiger partial charge < -0.3 is 10.2 Å². The Morgan fingerprint density at radius 2 is 2.11 bits per heavy atom. The highest BCUT2D eigenvalue weighted by Crippen LogP contribution is 2.22. The van der Waals surface area contributed by atoms with Crippen molar-refractivity contribution in [2.45, 2.75) is 33.2 Å². The summed E-state index contributed by atoms with van der Waals surface area (Å²) in [7, 11) is 0. The highest BCUT2D eigenvalue weighted by molar-refractivity contribution is 5.47. The summed E-state index contributed by atoms with van der Waals surface area (Å²) in [5.74, 6) is 1.30. The summed E-state index contributed by atoms with van der Waals surface area (Å²) in [4.78, 5) is 6.52. The number of hydrogen-bond donors (Lipinski definition) is 1. The quantitative estimate of drug-likeness (QED) is 0.871. The Morgan fingerprint density at radius 1 is 1.39 bits per heavy atom. The Hall–Kier alpha value is -1.16. The summed E-state index contributed by atoms with van der Waals surface area (Å²) in [6.45, 7) is 8.03. The van der Waals surface area contributed by atoms with Crippen molar-refractivity contribution >= 4 is 5.82 Å². The molecule has 1 aliphatic heterocycles.